The standard InChI is InChI=1S/C21H26N2O4/c1-17(24)23(15-13-21(25)22-14-6-16-26-2)18-9-11-20(12-10-18)27-19-7-4-3-5-8-19/h3-5,7-12H,6,13-16H2,1-2H3,(H,22,25). The first-order valence-electron chi connectivity index (χ1n) is 8.97. The van der Waals surface area contributed by atoms with Gasteiger partial charge >= 0.3 is 0 Å². The maximum atomic E-state index is 12.0. The summed E-state index contributed by atoms with van der Waals surface area (Å²) in [4.78, 5) is 25.5. The number of hydrogen-bond donors (Lipinski definition) is 1. The summed E-state index contributed by atoms with van der Waals surface area (Å²) in [5.74, 6) is 1.24. The van der Waals surface area contributed by atoms with E-state index >= 15 is 0 Å². The minimum Gasteiger partial charge on any atom is -0.457 e. The van der Waals surface area contributed by atoms with Crippen molar-refractivity contribution < 1.29 is 19.1 Å². The molecule has 0 saturated carbocycles. The summed E-state index contributed by atoms with van der Waals surface area (Å²) >= 11 is 0. The molecule has 144 valence electrons. The van der Waals surface area contributed by atoms with Gasteiger partial charge in [0.15, 0.2) is 0 Å². The molecule has 0 radical (unpaired) electrons. The lowest BCUT2D eigenvalue weighted by atomic mass is 10.2. The van der Waals surface area contributed by atoms with E-state index in [0.29, 0.717) is 25.4 Å². The highest BCUT2D eigenvalue weighted by Crippen LogP contribution is 2.24. The van der Waals surface area contributed by atoms with Crippen LogP contribution in [0.5, 0.6) is 11.5 Å². The first-order valence-corrected chi connectivity index (χ1v) is 8.97. The SMILES string of the molecule is COCCCNC(=O)CCN(C(C)=O)c1ccc(Oc2ccccc2)cc1. The quantitative estimate of drug-likeness (QED) is 0.651. The predicted molar refractivity (Wildman–Crippen MR) is 105 cm³/mol. The van der Waals surface area contributed by atoms with E-state index in [1.54, 1.807) is 12.0 Å². The molecule has 2 aromatic carbocycles. The number of methoxy groups -OCH3 is 1. The molecule has 2 amide bonds. The molecule has 0 heterocycles. The molecule has 6 nitrogen and oxygen atoms in total. The van der Waals surface area contributed by atoms with Crippen molar-refractivity contribution >= 4 is 17.5 Å². The molecule has 27 heavy (non-hydrogen) atoms. The van der Waals surface area contributed by atoms with Crippen LogP contribution in [0.1, 0.15) is 19.8 Å². The number of amides is 2. The summed E-state index contributed by atoms with van der Waals surface area (Å²) in [6.07, 6.45) is 1.01. The van der Waals surface area contributed by atoms with Crippen LogP contribution in [-0.2, 0) is 14.3 Å². The van der Waals surface area contributed by atoms with Crippen LogP contribution in [0, 0.1) is 0 Å². The van der Waals surface area contributed by atoms with Crippen molar-refractivity contribution in [1.29, 1.82) is 0 Å². The van der Waals surface area contributed by atoms with E-state index in [9.17, 15) is 9.59 Å². The van der Waals surface area contributed by atoms with Crippen molar-refractivity contribution in [3.05, 3.63) is 54.6 Å². The molecular weight excluding hydrogens is 344 g/mol. The average molecular weight is 370 g/mol. The zero-order valence-corrected chi connectivity index (χ0v) is 15.8. The van der Waals surface area contributed by atoms with Gasteiger partial charge in [0.25, 0.3) is 0 Å². The monoisotopic (exact) mass is 370 g/mol. The van der Waals surface area contributed by atoms with E-state index in [2.05, 4.69) is 5.32 Å². The van der Waals surface area contributed by atoms with Crippen LogP contribution in [0.15, 0.2) is 54.6 Å². The van der Waals surface area contributed by atoms with Crippen molar-refractivity contribution in [1.82, 2.24) is 5.32 Å². The zero-order valence-electron chi connectivity index (χ0n) is 15.8. The highest BCUT2D eigenvalue weighted by atomic mass is 16.5. The summed E-state index contributed by atoms with van der Waals surface area (Å²) in [5, 5.41) is 2.82. The lowest BCUT2D eigenvalue weighted by Crippen LogP contribution is -2.34. The molecule has 2 aromatic rings. The Bertz CT molecular complexity index is 717. The number of para-hydroxylation sites is 1. The first-order chi connectivity index (χ1) is 13.1. The molecule has 0 aromatic heterocycles. The minimum atomic E-state index is -0.112. The number of benzene rings is 2. The van der Waals surface area contributed by atoms with Crippen molar-refractivity contribution in [3.63, 3.8) is 0 Å². The van der Waals surface area contributed by atoms with Gasteiger partial charge in [-0.3, -0.25) is 9.59 Å². The molecular formula is C21H26N2O4. The fraction of sp³-hybridized carbons (Fsp3) is 0.333. The maximum Gasteiger partial charge on any atom is 0.223 e. The van der Waals surface area contributed by atoms with E-state index in [-0.39, 0.29) is 18.2 Å². The molecule has 0 atom stereocenters. The van der Waals surface area contributed by atoms with Crippen molar-refractivity contribution in [3.8, 4) is 11.5 Å². The Labute approximate surface area is 160 Å². The van der Waals surface area contributed by atoms with Gasteiger partial charge in [-0.2, -0.15) is 0 Å². The Kier molecular flexibility index (Phi) is 8.32. The number of ether oxygens (including phenoxy) is 2. The summed E-state index contributed by atoms with van der Waals surface area (Å²) in [6, 6.07) is 16.7. The number of carbonyl (C=O) groups excluding carboxylic acids is 2. The van der Waals surface area contributed by atoms with Crippen LogP contribution in [0.3, 0.4) is 0 Å². The smallest absolute Gasteiger partial charge is 0.223 e. The van der Waals surface area contributed by atoms with E-state index < -0.39 is 0 Å². The Hall–Kier alpha value is -2.86. The second-order valence-corrected chi connectivity index (χ2v) is 6.03. The van der Waals surface area contributed by atoms with Gasteiger partial charge in [-0.1, -0.05) is 18.2 Å². The molecule has 0 bridgehead atoms. The molecule has 0 spiro atoms. The van der Waals surface area contributed by atoms with Crippen LogP contribution in [0.4, 0.5) is 5.69 Å². The van der Waals surface area contributed by atoms with Crippen molar-refractivity contribution in [2.24, 2.45) is 0 Å². The van der Waals surface area contributed by atoms with Gasteiger partial charge in [0.2, 0.25) is 11.8 Å². The Balaban J connectivity index is 1.90. The van der Waals surface area contributed by atoms with Crippen molar-refractivity contribution in [2.75, 3.05) is 31.7 Å². The van der Waals surface area contributed by atoms with Crippen LogP contribution in [0.2, 0.25) is 0 Å². The number of anilines is 1. The van der Waals surface area contributed by atoms with E-state index in [4.69, 9.17) is 9.47 Å². The fourth-order valence-corrected chi connectivity index (χ4v) is 2.53. The average Bonchev–Trinajstić information content (AvgIpc) is 2.67. The molecule has 2 rings (SSSR count). The number of carbonyl (C=O) groups is 2. The second-order valence-electron chi connectivity index (χ2n) is 6.03. The number of hydrogen-bond acceptors (Lipinski definition) is 4. The minimum absolute atomic E-state index is 0.0821. The molecule has 1 N–H and O–H groups in total. The Morgan fingerprint density at radius 3 is 2.30 bits per heavy atom. The number of nitrogens with one attached hydrogen (secondary N) is 1. The number of nitrogens with zero attached hydrogens (tertiary/aromatic N) is 1. The highest BCUT2D eigenvalue weighted by molar-refractivity contribution is 5.92. The molecule has 0 unspecified atom stereocenters. The topological polar surface area (TPSA) is 67.9 Å². The second kappa shape index (κ2) is 11.0. The summed E-state index contributed by atoms with van der Waals surface area (Å²) < 4.78 is 10.7. The van der Waals surface area contributed by atoms with Gasteiger partial charge in [0.1, 0.15) is 11.5 Å². The van der Waals surface area contributed by atoms with E-state index in [1.165, 1.54) is 6.92 Å². The van der Waals surface area contributed by atoms with Gasteiger partial charge in [-0.15, -0.1) is 0 Å². The fourth-order valence-electron chi connectivity index (χ4n) is 2.53. The third-order valence-corrected chi connectivity index (χ3v) is 3.92. The van der Waals surface area contributed by atoms with Gasteiger partial charge < -0.3 is 19.7 Å². The largest absolute Gasteiger partial charge is 0.457 e. The zero-order chi connectivity index (χ0) is 19.5. The molecule has 0 aliphatic carbocycles. The lowest BCUT2D eigenvalue weighted by molar-refractivity contribution is -0.121. The molecule has 0 aliphatic rings. The summed E-state index contributed by atoms with van der Waals surface area (Å²) in [6.45, 7) is 2.99. The summed E-state index contributed by atoms with van der Waals surface area (Å²) in [7, 11) is 1.63. The predicted octanol–water partition coefficient (Wildman–Crippen LogP) is 3.37. The Morgan fingerprint density at radius 2 is 1.67 bits per heavy atom. The van der Waals surface area contributed by atoms with Crippen LogP contribution in [-0.4, -0.2) is 38.6 Å². The molecule has 0 fully saturated rings. The van der Waals surface area contributed by atoms with Gasteiger partial charge in [0.05, 0.1) is 0 Å². The van der Waals surface area contributed by atoms with Gasteiger partial charge in [-0.25, -0.2) is 0 Å². The molecule has 0 aliphatic heterocycles. The van der Waals surface area contributed by atoms with Crippen LogP contribution >= 0.6 is 0 Å². The third kappa shape index (κ3) is 7.11. The van der Waals surface area contributed by atoms with E-state index in [0.717, 1.165) is 17.9 Å². The number of rotatable bonds is 10. The van der Waals surface area contributed by atoms with Gasteiger partial charge in [-0.05, 0) is 42.8 Å². The Morgan fingerprint density at radius 1 is 1.00 bits per heavy atom. The third-order valence-electron chi connectivity index (χ3n) is 3.92. The van der Waals surface area contributed by atoms with E-state index in [1.807, 2.05) is 54.6 Å². The van der Waals surface area contributed by atoms with Crippen molar-refractivity contribution in [2.45, 2.75) is 19.8 Å². The first kappa shape index (κ1) is 20.5. The summed E-state index contributed by atoms with van der Waals surface area (Å²) in [5.41, 5.74) is 0.732. The van der Waals surface area contributed by atoms with Crippen LogP contribution in [0.25, 0.3) is 0 Å². The normalized spacial score (nSPS) is 10.3. The highest BCUT2D eigenvalue weighted by Gasteiger charge is 2.13. The molecule has 0 saturated heterocycles. The molecule has 6 heteroatoms. The maximum absolute atomic E-state index is 12.0. The van der Waals surface area contributed by atoms with Crippen LogP contribution < -0.4 is 15.0 Å². The van der Waals surface area contributed by atoms with Gasteiger partial charge in [0, 0.05) is 45.8 Å². The lowest BCUT2D eigenvalue weighted by Gasteiger charge is -2.21.